The molecular weight excluding hydrogens is 495 g/mol. The SMILES string of the molecule is NC(=O)C1(c2c(-c3c(F)cccc3Cl)noc2N2CCCC2)CCCC(CNC(=O)c2ccccc2)C1. The molecule has 2 amide bonds. The Kier molecular flexibility index (Phi) is 7.20. The van der Waals surface area contributed by atoms with Crippen LogP contribution < -0.4 is 16.0 Å². The zero-order valence-electron chi connectivity index (χ0n) is 20.5. The van der Waals surface area contributed by atoms with Crippen LogP contribution >= 0.6 is 11.6 Å². The molecule has 1 saturated carbocycles. The highest BCUT2D eigenvalue weighted by molar-refractivity contribution is 6.33. The Hall–Kier alpha value is -3.39. The lowest BCUT2D eigenvalue weighted by Crippen LogP contribution is -2.47. The Bertz CT molecular complexity index is 1270. The fraction of sp³-hybridized carbons (Fsp3) is 0.393. The second kappa shape index (κ2) is 10.5. The monoisotopic (exact) mass is 524 g/mol. The average molecular weight is 525 g/mol. The summed E-state index contributed by atoms with van der Waals surface area (Å²) in [6.07, 6.45) is 4.36. The Morgan fingerprint density at radius 1 is 1.14 bits per heavy atom. The molecule has 3 N–H and O–H groups in total. The minimum absolute atomic E-state index is 0.0146. The molecule has 5 rings (SSSR count). The van der Waals surface area contributed by atoms with Crippen LogP contribution in [0.15, 0.2) is 53.1 Å². The summed E-state index contributed by atoms with van der Waals surface area (Å²) < 4.78 is 20.9. The first-order chi connectivity index (χ1) is 17.9. The minimum Gasteiger partial charge on any atom is -0.369 e. The number of primary amides is 1. The van der Waals surface area contributed by atoms with Gasteiger partial charge in [-0.2, -0.15) is 0 Å². The number of nitrogens with zero attached hydrogens (tertiary/aromatic N) is 2. The summed E-state index contributed by atoms with van der Waals surface area (Å²) in [7, 11) is 0. The van der Waals surface area contributed by atoms with Gasteiger partial charge in [-0.3, -0.25) is 9.59 Å². The predicted molar refractivity (Wildman–Crippen MR) is 140 cm³/mol. The van der Waals surface area contributed by atoms with Crippen LogP contribution in [0.5, 0.6) is 0 Å². The van der Waals surface area contributed by atoms with Gasteiger partial charge in [0.1, 0.15) is 11.5 Å². The molecule has 3 aromatic rings. The molecule has 1 aliphatic heterocycles. The van der Waals surface area contributed by atoms with Gasteiger partial charge in [0.25, 0.3) is 5.91 Å². The van der Waals surface area contributed by atoms with Gasteiger partial charge in [0.05, 0.1) is 21.6 Å². The molecule has 2 unspecified atom stereocenters. The summed E-state index contributed by atoms with van der Waals surface area (Å²) >= 11 is 6.44. The smallest absolute Gasteiger partial charge is 0.251 e. The van der Waals surface area contributed by atoms with Crippen LogP contribution in [0.1, 0.15) is 54.4 Å². The molecule has 9 heteroatoms. The van der Waals surface area contributed by atoms with Crippen molar-refractivity contribution < 1.29 is 18.5 Å². The molecule has 0 spiro atoms. The zero-order valence-corrected chi connectivity index (χ0v) is 21.3. The number of amides is 2. The number of aromatic nitrogens is 1. The minimum atomic E-state index is -1.14. The Morgan fingerprint density at radius 3 is 2.59 bits per heavy atom. The maximum Gasteiger partial charge on any atom is 0.251 e. The number of anilines is 1. The maximum absolute atomic E-state index is 15.1. The van der Waals surface area contributed by atoms with E-state index in [1.165, 1.54) is 12.1 Å². The number of carbonyl (C=O) groups is 2. The van der Waals surface area contributed by atoms with Gasteiger partial charge < -0.3 is 20.5 Å². The molecule has 1 aromatic heterocycles. The molecule has 2 aliphatic rings. The van der Waals surface area contributed by atoms with E-state index in [1.807, 2.05) is 23.1 Å². The highest BCUT2D eigenvalue weighted by Crippen LogP contribution is 2.50. The number of carbonyl (C=O) groups excluding carboxylic acids is 2. The third-order valence-electron chi connectivity index (χ3n) is 7.66. The highest BCUT2D eigenvalue weighted by Gasteiger charge is 2.49. The summed E-state index contributed by atoms with van der Waals surface area (Å²) in [6, 6.07) is 13.4. The molecule has 1 saturated heterocycles. The molecule has 37 heavy (non-hydrogen) atoms. The normalized spacial score (nSPS) is 21.7. The molecule has 2 fully saturated rings. The van der Waals surface area contributed by atoms with E-state index in [9.17, 15) is 9.59 Å². The zero-order chi connectivity index (χ0) is 26.0. The number of hydrogen-bond donors (Lipinski definition) is 2. The molecule has 7 nitrogen and oxygen atoms in total. The topological polar surface area (TPSA) is 101 Å². The largest absolute Gasteiger partial charge is 0.369 e. The van der Waals surface area contributed by atoms with Gasteiger partial charge in [0.15, 0.2) is 0 Å². The summed E-state index contributed by atoms with van der Waals surface area (Å²) in [5.74, 6) is -0.780. The second-order valence-electron chi connectivity index (χ2n) is 9.99. The van der Waals surface area contributed by atoms with E-state index in [4.69, 9.17) is 21.9 Å². The third kappa shape index (κ3) is 4.82. The van der Waals surface area contributed by atoms with Crippen LogP contribution in [-0.2, 0) is 10.2 Å². The van der Waals surface area contributed by atoms with Gasteiger partial charge in [-0.15, -0.1) is 0 Å². The average Bonchev–Trinajstić information content (AvgIpc) is 3.58. The van der Waals surface area contributed by atoms with Crippen molar-refractivity contribution in [2.45, 2.75) is 43.9 Å². The van der Waals surface area contributed by atoms with Gasteiger partial charge in [0, 0.05) is 25.2 Å². The summed E-state index contributed by atoms with van der Waals surface area (Å²) in [5, 5.41) is 7.46. The summed E-state index contributed by atoms with van der Waals surface area (Å²) in [5.41, 5.74) is 6.42. The molecular formula is C28H30ClFN4O3. The van der Waals surface area contributed by atoms with Crippen molar-refractivity contribution in [3.05, 3.63) is 70.5 Å². The third-order valence-corrected chi connectivity index (χ3v) is 7.97. The fourth-order valence-corrected chi connectivity index (χ4v) is 6.06. The summed E-state index contributed by atoms with van der Waals surface area (Å²) in [6.45, 7) is 1.89. The lowest BCUT2D eigenvalue weighted by Gasteiger charge is -2.39. The molecule has 194 valence electrons. The second-order valence-corrected chi connectivity index (χ2v) is 10.4. The first-order valence-electron chi connectivity index (χ1n) is 12.7. The lowest BCUT2D eigenvalue weighted by atomic mass is 9.64. The van der Waals surface area contributed by atoms with E-state index in [1.54, 1.807) is 18.2 Å². The molecule has 1 aliphatic carbocycles. The van der Waals surface area contributed by atoms with E-state index >= 15 is 4.39 Å². The van der Waals surface area contributed by atoms with Gasteiger partial charge in [-0.05, 0) is 62.3 Å². The number of nitrogens with one attached hydrogen (secondary N) is 1. The number of benzene rings is 2. The van der Waals surface area contributed by atoms with E-state index in [0.717, 1.165) is 32.4 Å². The highest BCUT2D eigenvalue weighted by atomic mass is 35.5. The Labute approximate surface area is 220 Å². The van der Waals surface area contributed by atoms with Gasteiger partial charge in [0.2, 0.25) is 11.8 Å². The lowest BCUT2D eigenvalue weighted by molar-refractivity contribution is -0.125. The van der Waals surface area contributed by atoms with Crippen LogP contribution in [-0.4, -0.2) is 36.6 Å². The molecule has 0 bridgehead atoms. The number of nitrogens with two attached hydrogens (primary N) is 1. The first-order valence-corrected chi connectivity index (χ1v) is 13.1. The van der Waals surface area contributed by atoms with Crippen molar-refractivity contribution in [3.63, 3.8) is 0 Å². The maximum atomic E-state index is 15.1. The van der Waals surface area contributed by atoms with Crippen LogP contribution in [0, 0.1) is 11.7 Å². The van der Waals surface area contributed by atoms with E-state index in [0.29, 0.717) is 42.8 Å². The molecule has 2 aromatic carbocycles. The Balaban J connectivity index is 1.53. The van der Waals surface area contributed by atoms with Gasteiger partial charge in [-0.1, -0.05) is 47.4 Å². The molecule has 2 atom stereocenters. The van der Waals surface area contributed by atoms with Crippen LogP contribution in [0.4, 0.5) is 10.3 Å². The van der Waals surface area contributed by atoms with Crippen LogP contribution in [0.3, 0.4) is 0 Å². The fourth-order valence-electron chi connectivity index (χ4n) is 5.81. The van der Waals surface area contributed by atoms with Crippen molar-refractivity contribution in [3.8, 4) is 11.3 Å². The Morgan fingerprint density at radius 2 is 1.89 bits per heavy atom. The van der Waals surface area contributed by atoms with Crippen LogP contribution in [0.25, 0.3) is 11.3 Å². The number of hydrogen-bond acceptors (Lipinski definition) is 5. The van der Waals surface area contributed by atoms with E-state index < -0.39 is 17.1 Å². The quantitative estimate of drug-likeness (QED) is 0.449. The van der Waals surface area contributed by atoms with Crippen molar-refractivity contribution in [1.29, 1.82) is 0 Å². The van der Waals surface area contributed by atoms with Crippen LogP contribution in [0.2, 0.25) is 5.02 Å². The van der Waals surface area contributed by atoms with E-state index in [2.05, 4.69) is 10.5 Å². The van der Waals surface area contributed by atoms with Gasteiger partial charge >= 0.3 is 0 Å². The standard InChI is InChI=1S/C28H30ClFN4O3/c29-20-11-6-12-21(30)22(20)24-23(26(37-33-24)34-14-4-5-15-34)28(27(31)36)13-7-8-18(16-28)17-32-25(35)19-9-2-1-3-10-19/h1-3,6,9-12,18H,4-5,7-8,13-17H2,(H2,31,36)(H,32,35). The predicted octanol–water partition coefficient (Wildman–Crippen LogP) is 5.08. The first kappa shape index (κ1) is 25.3. The molecule has 2 heterocycles. The van der Waals surface area contributed by atoms with E-state index in [-0.39, 0.29) is 28.1 Å². The van der Waals surface area contributed by atoms with Gasteiger partial charge in [-0.25, -0.2) is 4.39 Å². The summed E-state index contributed by atoms with van der Waals surface area (Å²) in [4.78, 5) is 28.0. The van der Waals surface area contributed by atoms with Crippen molar-refractivity contribution in [2.24, 2.45) is 11.7 Å². The van der Waals surface area contributed by atoms with Crippen molar-refractivity contribution in [1.82, 2.24) is 10.5 Å². The number of rotatable bonds is 7. The molecule has 0 radical (unpaired) electrons. The number of halogens is 2. The van der Waals surface area contributed by atoms with Crippen molar-refractivity contribution in [2.75, 3.05) is 24.5 Å². The van der Waals surface area contributed by atoms with Crippen molar-refractivity contribution >= 4 is 29.3 Å².